The summed E-state index contributed by atoms with van der Waals surface area (Å²) < 4.78 is 11.7. The number of ether oxygens (including phenoxy) is 2. The van der Waals surface area contributed by atoms with Crippen molar-refractivity contribution in [2.75, 3.05) is 0 Å². The van der Waals surface area contributed by atoms with Gasteiger partial charge in [0.15, 0.2) is 0 Å². The monoisotopic (exact) mass is 284 g/mol. The minimum absolute atomic E-state index is 0.233. The molecule has 0 aliphatic rings. The van der Waals surface area contributed by atoms with E-state index in [0.717, 1.165) is 30.8 Å². The maximum Gasteiger partial charge on any atom is 0.119 e. The molecule has 0 fully saturated rings. The van der Waals surface area contributed by atoms with E-state index in [0.29, 0.717) is 0 Å². The van der Waals surface area contributed by atoms with Crippen molar-refractivity contribution in [3.63, 3.8) is 0 Å². The minimum Gasteiger partial charge on any atom is -0.491 e. The van der Waals surface area contributed by atoms with Crippen LogP contribution in [0.1, 0.15) is 33.1 Å². The maximum atomic E-state index is 5.87. The van der Waals surface area contributed by atoms with E-state index in [1.165, 1.54) is 0 Å². The SMILES string of the molecule is CC(CCCC(C)Oc1ccccc1)Oc1ccccc1. The number of rotatable bonds is 8. The van der Waals surface area contributed by atoms with Crippen LogP contribution < -0.4 is 9.47 Å². The molecule has 0 saturated heterocycles. The fourth-order valence-corrected chi connectivity index (χ4v) is 2.27. The van der Waals surface area contributed by atoms with Crippen LogP contribution in [0.3, 0.4) is 0 Å². The Balaban J connectivity index is 1.64. The van der Waals surface area contributed by atoms with Gasteiger partial charge in [-0.1, -0.05) is 36.4 Å². The fraction of sp³-hybridized carbons (Fsp3) is 0.368. The van der Waals surface area contributed by atoms with E-state index in [1.807, 2.05) is 60.7 Å². The summed E-state index contributed by atoms with van der Waals surface area (Å²) in [7, 11) is 0. The molecule has 0 radical (unpaired) electrons. The van der Waals surface area contributed by atoms with Crippen LogP contribution >= 0.6 is 0 Å². The molecule has 0 aromatic heterocycles. The van der Waals surface area contributed by atoms with Crippen LogP contribution in [0.4, 0.5) is 0 Å². The molecule has 2 nitrogen and oxygen atoms in total. The zero-order chi connectivity index (χ0) is 14.9. The molecular formula is C19H24O2. The molecule has 0 heterocycles. The Morgan fingerprint density at radius 3 is 1.43 bits per heavy atom. The van der Waals surface area contributed by atoms with Gasteiger partial charge in [0.1, 0.15) is 11.5 Å². The summed E-state index contributed by atoms with van der Waals surface area (Å²) in [4.78, 5) is 0. The van der Waals surface area contributed by atoms with Crippen molar-refractivity contribution in [1.29, 1.82) is 0 Å². The van der Waals surface area contributed by atoms with Gasteiger partial charge in [0.25, 0.3) is 0 Å². The molecule has 0 saturated carbocycles. The highest BCUT2D eigenvalue weighted by Gasteiger charge is 2.07. The Morgan fingerprint density at radius 1 is 0.667 bits per heavy atom. The summed E-state index contributed by atoms with van der Waals surface area (Å²) >= 11 is 0. The van der Waals surface area contributed by atoms with Gasteiger partial charge in [-0.3, -0.25) is 0 Å². The molecule has 2 aromatic carbocycles. The van der Waals surface area contributed by atoms with E-state index in [1.54, 1.807) is 0 Å². The number of para-hydroxylation sites is 2. The van der Waals surface area contributed by atoms with Crippen LogP contribution in [-0.4, -0.2) is 12.2 Å². The van der Waals surface area contributed by atoms with E-state index in [9.17, 15) is 0 Å². The summed E-state index contributed by atoms with van der Waals surface area (Å²) in [6.45, 7) is 4.24. The lowest BCUT2D eigenvalue weighted by atomic mass is 10.1. The molecule has 2 atom stereocenters. The van der Waals surface area contributed by atoms with Gasteiger partial charge in [0.2, 0.25) is 0 Å². The lowest BCUT2D eigenvalue weighted by Crippen LogP contribution is -2.15. The third-order valence-electron chi connectivity index (χ3n) is 3.38. The first-order chi connectivity index (χ1) is 10.2. The fourth-order valence-electron chi connectivity index (χ4n) is 2.27. The molecule has 0 N–H and O–H groups in total. The smallest absolute Gasteiger partial charge is 0.119 e. The molecule has 0 spiro atoms. The Morgan fingerprint density at radius 2 is 1.05 bits per heavy atom. The van der Waals surface area contributed by atoms with Gasteiger partial charge in [-0.2, -0.15) is 0 Å². The van der Waals surface area contributed by atoms with Gasteiger partial charge in [-0.05, 0) is 57.4 Å². The Bertz CT molecular complexity index is 448. The normalized spacial score (nSPS) is 13.4. The summed E-state index contributed by atoms with van der Waals surface area (Å²) in [5, 5.41) is 0. The second kappa shape index (κ2) is 8.35. The highest BCUT2D eigenvalue weighted by molar-refractivity contribution is 5.21. The molecule has 0 amide bonds. The number of benzene rings is 2. The molecule has 112 valence electrons. The molecular weight excluding hydrogens is 260 g/mol. The average Bonchev–Trinajstić information content (AvgIpc) is 2.49. The highest BCUT2D eigenvalue weighted by atomic mass is 16.5. The van der Waals surface area contributed by atoms with Gasteiger partial charge >= 0.3 is 0 Å². The van der Waals surface area contributed by atoms with E-state index in [2.05, 4.69) is 13.8 Å². The van der Waals surface area contributed by atoms with Crippen LogP contribution in [0, 0.1) is 0 Å². The molecule has 2 heteroatoms. The third kappa shape index (κ3) is 5.90. The average molecular weight is 284 g/mol. The van der Waals surface area contributed by atoms with Crippen LogP contribution in [0.5, 0.6) is 11.5 Å². The van der Waals surface area contributed by atoms with Crippen molar-refractivity contribution in [2.24, 2.45) is 0 Å². The molecule has 2 unspecified atom stereocenters. The van der Waals surface area contributed by atoms with Crippen LogP contribution in [-0.2, 0) is 0 Å². The lowest BCUT2D eigenvalue weighted by molar-refractivity contribution is 0.179. The predicted molar refractivity (Wildman–Crippen MR) is 86.9 cm³/mol. The summed E-state index contributed by atoms with van der Waals surface area (Å²) in [6.07, 6.45) is 3.64. The quantitative estimate of drug-likeness (QED) is 0.672. The lowest BCUT2D eigenvalue weighted by Gasteiger charge is -2.17. The van der Waals surface area contributed by atoms with E-state index >= 15 is 0 Å². The largest absolute Gasteiger partial charge is 0.491 e. The predicted octanol–water partition coefficient (Wildman–Crippen LogP) is 5.09. The molecule has 21 heavy (non-hydrogen) atoms. The third-order valence-corrected chi connectivity index (χ3v) is 3.38. The maximum absolute atomic E-state index is 5.87. The summed E-state index contributed by atoms with van der Waals surface area (Å²) in [5.41, 5.74) is 0. The van der Waals surface area contributed by atoms with E-state index < -0.39 is 0 Å². The van der Waals surface area contributed by atoms with Crippen LogP contribution in [0.2, 0.25) is 0 Å². The molecule has 2 aromatic rings. The van der Waals surface area contributed by atoms with Crippen molar-refractivity contribution in [3.8, 4) is 11.5 Å². The van der Waals surface area contributed by atoms with Crippen molar-refractivity contribution >= 4 is 0 Å². The van der Waals surface area contributed by atoms with Gasteiger partial charge in [-0.15, -0.1) is 0 Å². The second-order valence-corrected chi connectivity index (χ2v) is 5.41. The summed E-state index contributed by atoms with van der Waals surface area (Å²) in [5.74, 6) is 1.89. The van der Waals surface area contributed by atoms with Crippen LogP contribution in [0.15, 0.2) is 60.7 Å². The summed E-state index contributed by atoms with van der Waals surface area (Å²) in [6, 6.07) is 20.0. The Kier molecular flexibility index (Phi) is 6.14. The first-order valence-electron chi connectivity index (χ1n) is 7.67. The Labute approximate surface area is 127 Å². The van der Waals surface area contributed by atoms with Gasteiger partial charge in [0, 0.05) is 0 Å². The van der Waals surface area contributed by atoms with Gasteiger partial charge in [-0.25, -0.2) is 0 Å². The van der Waals surface area contributed by atoms with Crippen molar-refractivity contribution in [1.82, 2.24) is 0 Å². The molecule has 0 aliphatic heterocycles. The number of hydrogen-bond acceptors (Lipinski definition) is 2. The molecule has 0 aliphatic carbocycles. The van der Waals surface area contributed by atoms with Gasteiger partial charge in [0.05, 0.1) is 12.2 Å². The first kappa shape index (κ1) is 15.4. The highest BCUT2D eigenvalue weighted by Crippen LogP contribution is 2.16. The first-order valence-corrected chi connectivity index (χ1v) is 7.67. The van der Waals surface area contributed by atoms with Crippen molar-refractivity contribution < 1.29 is 9.47 Å². The number of hydrogen-bond donors (Lipinski definition) is 0. The zero-order valence-corrected chi connectivity index (χ0v) is 12.9. The molecule has 0 bridgehead atoms. The van der Waals surface area contributed by atoms with Gasteiger partial charge < -0.3 is 9.47 Å². The second-order valence-electron chi connectivity index (χ2n) is 5.41. The van der Waals surface area contributed by atoms with Crippen molar-refractivity contribution in [2.45, 2.75) is 45.3 Å². The zero-order valence-electron chi connectivity index (χ0n) is 12.9. The molecule has 2 rings (SSSR count). The topological polar surface area (TPSA) is 18.5 Å². The van der Waals surface area contributed by atoms with Crippen molar-refractivity contribution in [3.05, 3.63) is 60.7 Å². The minimum atomic E-state index is 0.233. The van der Waals surface area contributed by atoms with Crippen LogP contribution in [0.25, 0.3) is 0 Å². The Hall–Kier alpha value is -1.96. The standard InChI is InChI=1S/C19H24O2/c1-16(20-18-12-5-3-6-13-18)10-9-11-17(2)21-19-14-7-4-8-15-19/h3-8,12-17H,9-11H2,1-2H3. The van der Waals surface area contributed by atoms with E-state index in [4.69, 9.17) is 9.47 Å². The van der Waals surface area contributed by atoms with E-state index in [-0.39, 0.29) is 12.2 Å².